The van der Waals surface area contributed by atoms with Gasteiger partial charge in [0.05, 0.1) is 12.5 Å². The molecule has 4 nitrogen and oxygen atoms in total. The summed E-state index contributed by atoms with van der Waals surface area (Å²) in [6.45, 7) is 0.877. The van der Waals surface area contributed by atoms with E-state index in [1.165, 1.54) is 0 Å². The molecule has 0 aliphatic heterocycles. The highest BCUT2D eigenvalue weighted by Crippen LogP contribution is 2.27. The monoisotopic (exact) mass is 407 g/mol. The fourth-order valence-electron chi connectivity index (χ4n) is 3.81. The van der Waals surface area contributed by atoms with E-state index in [1.54, 1.807) is 17.4 Å². The molecule has 5 rings (SSSR count). The van der Waals surface area contributed by atoms with E-state index in [9.17, 15) is 4.79 Å². The van der Waals surface area contributed by atoms with Crippen molar-refractivity contribution in [1.82, 2.24) is 4.90 Å². The molecule has 0 spiro atoms. The summed E-state index contributed by atoms with van der Waals surface area (Å²) in [5.74, 6) is 0.183. The van der Waals surface area contributed by atoms with E-state index in [0.717, 1.165) is 27.6 Å². The molecule has 31 heavy (non-hydrogen) atoms. The normalized spacial score (nSPS) is 11.0. The molecule has 0 bridgehead atoms. The SMILES string of the molecule is O=C(c1cc2ccccc2o1)N(Cc1ccoc1)Cc1ccccc1-c1ccccc1. The number of amides is 1. The number of nitrogens with zero attached hydrogens (tertiary/aromatic N) is 1. The van der Waals surface area contributed by atoms with Gasteiger partial charge in [0.15, 0.2) is 5.76 Å². The minimum Gasteiger partial charge on any atom is -0.472 e. The first kappa shape index (κ1) is 18.9. The summed E-state index contributed by atoms with van der Waals surface area (Å²) in [7, 11) is 0. The van der Waals surface area contributed by atoms with Crippen LogP contribution in [0.25, 0.3) is 22.1 Å². The molecule has 0 saturated carbocycles. The molecule has 3 aromatic carbocycles. The molecule has 152 valence electrons. The lowest BCUT2D eigenvalue weighted by atomic mass is 9.99. The van der Waals surface area contributed by atoms with Crippen molar-refractivity contribution in [2.45, 2.75) is 13.1 Å². The minimum atomic E-state index is -0.153. The van der Waals surface area contributed by atoms with Gasteiger partial charge < -0.3 is 13.7 Å². The van der Waals surface area contributed by atoms with Crippen molar-refractivity contribution in [2.24, 2.45) is 0 Å². The van der Waals surface area contributed by atoms with Crippen LogP contribution in [0.4, 0.5) is 0 Å². The van der Waals surface area contributed by atoms with Crippen LogP contribution in [0.5, 0.6) is 0 Å². The Balaban J connectivity index is 1.51. The van der Waals surface area contributed by atoms with Gasteiger partial charge in [-0.3, -0.25) is 4.79 Å². The highest BCUT2D eigenvalue weighted by Gasteiger charge is 2.22. The minimum absolute atomic E-state index is 0.153. The van der Waals surface area contributed by atoms with Crippen LogP contribution in [0, 0.1) is 0 Å². The maximum Gasteiger partial charge on any atom is 0.290 e. The lowest BCUT2D eigenvalue weighted by Crippen LogP contribution is -2.30. The number of benzene rings is 3. The molecule has 4 heteroatoms. The van der Waals surface area contributed by atoms with Gasteiger partial charge in [0.2, 0.25) is 0 Å². The quantitative estimate of drug-likeness (QED) is 0.321. The molecule has 0 saturated heterocycles. The number of carbonyl (C=O) groups excluding carboxylic acids is 1. The zero-order valence-electron chi connectivity index (χ0n) is 16.9. The second-order valence-electron chi connectivity index (χ2n) is 7.46. The highest BCUT2D eigenvalue weighted by atomic mass is 16.3. The van der Waals surface area contributed by atoms with E-state index >= 15 is 0 Å². The van der Waals surface area contributed by atoms with Crippen molar-refractivity contribution in [3.05, 3.63) is 120 Å². The lowest BCUT2D eigenvalue weighted by molar-refractivity contribution is 0.0700. The van der Waals surface area contributed by atoms with Gasteiger partial charge in [0.1, 0.15) is 5.58 Å². The largest absolute Gasteiger partial charge is 0.472 e. The summed E-state index contributed by atoms with van der Waals surface area (Å²) in [4.78, 5) is 15.3. The van der Waals surface area contributed by atoms with Crippen molar-refractivity contribution >= 4 is 16.9 Å². The van der Waals surface area contributed by atoms with E-state index in [1.807, 2.05) is 66.7 Å². The summed E-state index contributed by atoms with van der Waals surface area (Å²) in [5.41, 5.74) is 4.94. The second kappa shape index (κ2) is 8.36. The average molecular weight is 407 g/mol. The molecule has 1 amide bonds. The van der Waals surface area contributed by atoms with E-state index < -0.39 is 0 Å². The van der Waals surface area contributed by atoms with E-state index in [2.05, 4.69) is 24.3 Å². The lowest BCUT2D eigenvalue weighted by Gasteiger charge is -2.23. The summed E-state index contributed by atoms with van der Waals surface area (Å²) in [6, 6.07) is 29.7. The second-order valence-corrected chi connectivity index (χ2v) is 7.46. The van der Waals surface area contributed by atoms with Crippen LogP contribution < -0.4 is 0 Å². The Kier molecular flexibility index (Phi) is 5.11. The molecule has 0 N–H and O–H groups in total. The number of hydrogen-bond donors (Lipinski definition) is 0. The third-order valence-electron chi connectivity index (χ3n) is 5.34. The standard InChI is InChI=1S/C27H21NO3/c29-27(26-16-22-10-5-7-13-25(22)31-26)28(17-20-14-15-30-19-20)18-23-11-4-6-12-24(23)21-8-2-1-3-9-21/h1-16,19H,17-18H2. The Morgan fingerprint density at radius 1 is 0.806 bits per heavy atom. The highest BCUT2D eigenvalue weighted by molar-refractivity contribution is 5.96. The Hall–Kier alpha value is -4.05. The predicted molar refractivity (Wildman–Crippen MR) is 120 cm³/mol. The molecule has 5 aromatic rings. The van der Waals surface area contributed by atoms with Crippen LogP contribution in [0.3, 0.4) is 0 Å². The molecule has 2 aromatic heterocycles. The van der Waals surface area contributed by atoms with Gasteiger partial charge in [-0.15, -0.1) is 0 Å². The molecule has 0 unspecified atom stereocenters. The Labute approximate surface area is 180 Å². The van der Waals surface area contributed by atoms with Gasteiger partial charge in [-0.25, -0.2) is 0 Å². The maximum atomic E-state index is 13.5. The van der Waals surface area contributed by atoms with Crippen molar-refractivity contribution in [1.29, 1.82) is 0 Å². The molecule has 0 fully saturated rings. The summed E-state index contributed by atoms with van der Waals surface area (Å²) in [5, 5.41) is 0.916. The molecule has 0 aliphatic carbocycles. The van der Waals surface area contributed by atoms with Crippen LogP contribution in [0.2, 0.25) is 0 Å². The number of rotatable bonds is 6. The third-order valence-corrected chi connectivity index (χ3v) is 5.34. The van der Waals surface area contributed by atoms with Crippen molar-refractivity contribution in [2.75, 3.05) is 0 Å². The van der Waals surface area contributed by atoms with Crippen molar-refractivity contribution in [3.8, 4) is 11.1 Å². The Morgan fingerprint density at radius 3 is 2.39 bits per heavy atom. The van der Waals surface area contributed by atoms with Gasteiger partial charge in [-0.05, 0) is 34.9 Å². The molecular formula is C27H21NO3. The topological polar surface area (TPSA) is 46.6 Å². The first-order valence-electron chi connectivity index (χ1n) is 10.2. The Bertz CT molecular complexity index is 1270. The number of fused-ring (bicyclic) bond motifs is 1. The van der Waals surface area contributed by atoms with Crippen LogP contribution in [-0.2, 0) is 13.1 Å². The van der Waals surface area contributed by atoms with Gasteiger partial charge >= 0.3 is 0 Å². The first-order valence-corrected chi connectivity index (χ1v) is 10.2. The molecule has 0 radical (unpaired) electrons. The summed E-state index contributed by atoms with van der Waals surface area (Å²) in [6.07, 6.45) is 3.29. The zero-order chi connectivity index (χ0) is 21.0. The number of hydrogen-bond acceptors (Lipinski definition) is 3. The van der Waals surface area contributed by atoms with Gasteiger partial charge in [0.25, 0.3) is 5.91 Å². The number of para-hydroxylation sites is 1. The Morgan fingerprint density at radius 2 is 1.58 bits per heavy atom. The zero-order valence-corrected chi connectivity index (χ0v) is 16.9. The first-order chi connectivity index (χ1) is 15.3. The average Bonchev–Trinajstić information content (AvgIpc) is 3.49. The van der Waals surface area contributed by atoms with E-state index in [-0.39, 0.29) is 5.91 Å². The fourth-order valence-corrected chi connectivity index (χ4v) is 3.81. The summed E-state index contributed by atoms with van der Waals surface area (Å²) < 4.78 is 11.1. The van der Waals surface area contributed by atoms with Crippen LogP contribution in [-0.4, -0.2) is 10.8 Å². The van der Waals surface area contributed by atoms with Gasteiger partial charge in [-0.2, -0.15) is 0 Å². The van der Waals surface area contributed by atoms with Crippen molar-refractivity contribution in [3.63, 3.8) is 0 Å². The van der Waals surface area contributed by atoms with Gasteiger partial charge in [0, 0.05) is 24.0 Å². The van der Waals surface area contributed by atoms with E-state index in [4.69, 9.17) is 8.83 Å². The van der Waals surface area contributed by atoms with Crippen LogP contribution in [0.1, 0.15) is 21.7 Å². The maximum absolute atomic E-state index is 13.5. The molecule has 2 heterocycles. The van der Waals surface area contributed by atoms with Crippen molar-refractivity contribution < 1.29 is 13.6 Å². The fraction of sp³-hybridized carbons (Fsp3) is 0.0741. The van der Waals surface area contributed by atoms with E-state index in [0.29, 0.717) is 24.4 Å². The molecule has 0 atom stereocenters. The number of furan rings is 2. The van der Waals surface area contributed by atoms with Gasteiger partial charge in [-0.1, -0.05) is 72.8 Å². The third kappa shape index (κ3) is 4.01. The van der Waals surface area contributed by atoms with Crippen LogP contribution >= 0.6 is 0 Å². The molecule has 0 aliphatic rings. The predicted octanol–water partition coefficient (Wildman–Crippen LogP) is 6.54. The molecular weight excluding hydrogens is 386 g/mol. The number of carbonyl (C=O) groups is 1. The summed E-state index contributed by atoms with van der Waals surface area (Å²) >= 11 is 0. The van der Waals surface area contributed by atoms with Crippen LogP contribution in [0.15, 0.2) is 112 Å². The smallest absolute Gasteiger partial charge is 0.290 e.